The fourth-order valence-electron chi connectivity index (χ4n) is 2.67. The van der Waals surface area contributed by atoms with E-state index in [1.165, 1.54) is 30.2 Å². The van der Waals surface area contributed by atoms with E-state index in [0.29, 0.717) is 5.69 Å². The van der Waals surface area contributed by atoms with Gasteiger partial charge >= 0.3 is 5.97 Å². The van der Waals surface area contributed by atoms with Crippen LogP contribution in [-0.4, -0.2) is 21.3 Å². The lowest BCUT2D eigenvalue weighted by atomic mass is 9.87. The minimum Gasteiger partial charge on any atom is -0.478 e. The third kappa shape index (κ3) is 1.70. The van der Waals surface area contributed by atoms with E-state index in [2.05, 4.69) is 16.3 Å². The van der Waals surface area contributed by atoms with E-state index in [1.54, 1.807) is 0 Å². The molecule has 4 heteroatoms. The Morgan fingerprint density at radius 2 is 2.11 bits per heavy atom. The maximum absolute atomic E-state index is 11.2. The van der Waals surface area contributed by atoms with Crippen LogP contribution in [0.5, 0.6) is 0 Å². The second kappa shape index (κ2) is 4.29. The van der Waals surface area contributed by atoms with Gasteiger partial charge in [0.2, 0.25) is 0 Å². The number of hydrogen-bond donors (Lipinski definition) is 2. The van der Waals surface area contributed by atoms with E-state index < -0.39 is 5.97 Å². The molecule has 3 rings (SSSR count). The van der Waals surface area contributed by atoms with Gasteiger partial charge in [-0.05, 0) is 36.8 Å². The largest absolute Gasteiger partial charge is 0.478 e. The Kier molecular flexibility index (Phi) is 2.63. The number of H-pyrrole nitrogens is 1. The zero-order chi connectivity index (χ0) is 12.5. The maximum Gasteiger partial charge on any atom is 0.339 e. The molecule has 1 aliphatic carbocycles. The molecule has 1 aliphatic rings. The summed E-state index contributed by atoms with van der Waals surface area (Å²) in [7, 11) is 0. The molecular weight excluding hydrogens is 228 g/mol. The average Bonchev–Trinajstić information content (AvgIpc) is 2.87. The first-order valence-electron chi connectivity index (χ1n) is 6.15. The van der Waals surface area contributed by atoms with Gasteiger partial charge in [-0.3, -0.25) is 5.10 Å². The van der Waals surface area contributed by atoms with E-state index in [4.69, 9.17) is 5.11 Å². The SMILES string of the molecule is O=C(O)c1cn[nH]c1-c1cccc2c1CCCC2. The Labute approximate surface area is 105 Å². The Bertz CT molecular complexity index is 602. The summed E-state index contributed by atoms with van der Waals surface area (Å²) in [5.41, 5.74) is 4.47. The summed E-state index contributed by atoms with van der Waals surface area (Å²) in [6.07, 6.45) is 5.86. The zero-order valence-electron chi connectivity index (χ0n) is 9.94. The van der Waals surface area contributed by atoms with Gasteiger partial charge in [0, 0.05) is 5.56 Å². The van der Waals surface area contributed by atoms with Gasteiger partial charge in [-0.1, -0.05) is 18.2 Å². The lowest BCUT2D eigenvalue weighted by Crippen LogP contribution is -2.06. The molecule has 1 aromatic heterocycles. The number of fused-ring (bicyclic) bond motifs is 1. The molecule has 0 atom stereocenters. The first-order valence-corrected chi connectivity index (χ1v) is 6.15. The van der Waals surface area contributed by atoms with E-state index in [1.807, 2.05) is 12.1 Å². The van der Waals surface area contributed by atoms with Crippen LogP contribution in [0.25, 0.3) is 11.3 Å². The molecule has 92 valence electrons. The van der Waals surface area contributed by atoms with Gasteiger partial charge in [0.25, 0.3) is 0 Å². The van der Waals surface area contributed by atoms with Crippen molar-refractivity contribution >= 4 is 5.97 Å². The van der Waals surface area contributed by atoms with Crippen molar-refractivity contribution in [3.63, 3.8) is 0 Å². The quantitative estimate of drug-likeness (QED) is 0.850. The first-order chi connectivity index (χ1) is 8.77. The van der Waals surface area contributed by atoms with Crippen molar-refractivity contribution in [2.24, 2.45) is 0 Å². The number of aromatic amines is 1. The van der Waals surface area contributed by atoms with E-state index in [-0.39, 0.29) is 5.56 Å². The smallest absolute Gasteiger partial charge is 0.339 e. The molecule has 4 nitrogen and oxygen atoms in total. The Hall–Kier alpha value is -2.10. The molecule has 0 spiro atoms. The summed E-state index contributed by atoms with van der Waals surface area (Å²) < 4.78 is 0. The Morgan fingerprint density at radius 3 is 2.94 bits per heavy atom. The van der Waals surface area contributed by atoms with Gasteiger partial charge < -0.3 is 5.11 Å². The number of carboxylic acids is 1. The third-order valence-electron chi connectivity index (χ3n) is 3.54. The summed E-state index contributed by atoms with van der Waals surface area (Å²) in [6.45, 7) is 0. The van der Waals surface area contributed by atoms with Gasteiger partial charge in [-0.15, -0.1) is 0 Å². The summed E-state index contributed by atoms with van der Waals surface area (Å²) >= 11 is 0. The first kappa shape index (κ1) is 11.0. The van der Waals surface area contributed by atoms with Crippen molar-refractivity contribution in [1.29, 1.82) is 0 Å². The summed E-state index contributed by atoms with van der Waals surface area (Å²) in [6, 6.07) is 6.10. The molecule has 2 aromatic rings. The van der Waals surface area contributed by atoms with Crippen molar-refractivity contribution in [3.05, 3.63) is 41.1 Å². The van der Waals surface area contributed by atoms with Crippen LogP contribution in [0.2, 0.25) is 0 Å². The normalized spacial score (nSPS) is 14.2. The standard InChI is InChI=1S/C14H14N2O2/c17-14(18)12-8-15-16-13(12)11-7-3-5-9-4-1-2-6-10(9)11/h3,5,7-8H,1-2,4,6H2,(H,15,16)(H,17,18). The highest BCUT2D eigenvalue weighted by atomic mass is 16.4. The van der Waals surface area contributed by atoms with Crippen LogP contribution in [0.15, 0.2) is 24.4 Å². The van der Waals surface area contributed by atoms with Crippen LogP contribution in [0.3, 0.4) is 0 Å². The monoisotopic (exact) mass is 242 g/mol. The predicted molar refractivity (Wildman–Crippen MR) is 67.6 cm³/mol. The van der Waals surface area contributed by atoms with Crippen molar-refractivity contribution in [2.45, 2.75) is 25.7 Å². The van der Waals surface area contributed by atoms with Crippen LogP contribution in [0.4, 0.5) is 0 Å². The van der Waals surface area contributed by atoms with Crippen molar-refractivity contribution in [3.8, 4) is 11.3 Å². The highest BCUT2D eigenvalue weighted by Gasteiger charge is 2.19. The van der Waals surface area contributed by atoms with Crippen LogP contribution in [0, 0.1) is 0 Å². The van der Waals surface area contributed by atoms with Gasteiger partial charge in [-0.25, -0.2) is 4.79 Å². The average molecular weight is 242 g/mol. The predicted octanol–water partition coefficient (Wildman–Crippen LogP) is 2.65. The van der Waals surface area contributed by atoms with Crippen molar-refractivity contribution < 1.29 is 9.90 Å². The number of aryl methyl sites for hydroxylation is 1. The third-order valence-corrected chi connectivity index (χ3v) is 3.54. The molecule has 0 aliphatic heterocycles. The summed E-state index contributed by atoms with van der Waals surface area (Å²) in [4.78, 5) is 11.2. The van der Waals surface area contributed by atoms with Gasteiger partial charge in [0.05, 0.1) is 11.9 Å². The molecule has 0 unspecified atom stereocenters. The van der Waals surface area contributed by atoms with Crippen molar-refractivity contribution in [2.75, 3.05) is 0 Å². The summed E-state index contributed by atoms with van der Waals surface area (Å²) in [5.74, 6) is -0.938. The molecule has 1 aromatic carbocycles. The minimum absolute atomic E-state index is 0.244. The second-order valence-corrected chi connectivity index (χ2v) is 4.61. The maximum atomic E-state index is 11.2. The number of carboxylic acid groups (broad SMARTS) is 1. The Balaban J connectivity index is 2.17. The lowest BCUT2D eigenvalue weighted by Gasteiger charge is -2.18. The van der Waals surface area contributed by atoms with E-state index in [9.17, 15) is 4.79 Å². The number of aromatic nitrogens is 2. The molecular formula is C14H14N2O2. The lowest BCUT2D eigenvalue weighted by molar-refractivity contribution is 0.0698. The van der Waals surface area contributed by atoms with Gasteiger partial charge in [0.15, 0.2) is 0 Å². The number of rotatable bonds is 2. The Morgan fingerprint density at radius 1 is 1.28 bits per heavy atom. The number of benzene rings is 1. The molecule has 1 heterocycles. The number of aromatic carboxylic acids is 1. The fourth-order valence-corrected chi connectivity index (χ4v) is 2.67. The molecule has 2 N–H and O–H groups in total. The second-order valence-electron chi connectivity index (χ2n) is 4.61. The van der Waals surface area contributed by atoms with E-state index in [0.717, 1.165) is 18.4 Å². The number of hydrogen-bond acceptors (Lipinski definition) is 2. The highest BCUT2D eigenvalue weighted by molar-refractivity contribution is 5.95. The van der Waals surface area contributed by atoms with Crippen molar-refractivity contribution in [1.82, 2.24) is 10.2 Å². The molecule has 0 radical (unpaired) electrons. The van der Waals surface area contributed by atoms with Gasteiger partial charge in [-0.2, -0.15) is 5.10 Å². The molecule has 18 heavy (non-hydrogen) atoms. The minimum atomic E-state index is -0.938. The van der Waals surface area contributed by atoms with Gasteiger partial charge in [0.1, 0.15) is 5.56 Å². The zero-order valence-corrected chi connectivity index (χ0v) is 9.94. The van der Waals surface area contributed by atoms with Crippen LogP contribution >= 0.6 is 0 Å². The number of nitrogens with one attached hydrogen (secondary N) is 1. The molecule has 0 fully saturated rings. The molecule has 0 saturated heterocycles. The fraction of sp³-hybridized carbons (Fsp3) is 0.286. The number of nitrogens with zero attached hydrogens (tertiary/aromatic N) is 1. The van der Waals surface area contributed by atoms with Crippen LogP contribution in [0.1, 0.15) is 34.3 Å². The number of carbonyl (C=O) groups is 1. The molecule has 0 amide bonds. The topological polar surface area (TPSA) is 66.0 Å². The molecule has 0 saturated carbocycles. The van der Waals surface area contributed by atoms with E-state index >= 15 is 0 Å². The molecule has 0 bridgehead atoms. The summed E-state index contributed by atoms with van der Waals surface area (Å²) in [5, 5.41) is 15.8. The van der Waals surface area contributed by atoms with Crippen LogP contribution in [-0.2, 0) is 12.8 Å². The highest BCUT2D eigenvalue weighted by Crippen LogP contribution is 2.32. The van der Waals surface area contributed by atoms with Crippen LogP contribution < -0.4 is 0 Å².